The molecule has 4 bridgehead atoms. The molecule has 1 aromatic carbocycles. The van der Waals surface area contributed by atoms with Crippen molar-refractivity contribution in [3.63, 3.8) is 0 Å². The Morgan fingerprint density at radius 1 is 1.10 bits per heavy atom. The van der Waals surface area contributed by atoms with Crippen molar-refractivity contribution in [2.24, 2.45) is 23.2 Å². The molecule has 0 N–H and O–H groups in total. The van der Waals surface area contributed by atoms with Crippen LogP contribution in [0, 0.1) is 23.2 Å². The van der Waals surface area contributed by atoms with Gasteiger partial charge in [0, 0.05) is 11.0 Å². The summed E-state index contributed by atoms with van der Waals surface area (Å²) in [5.74, 6) is 3.62. The monoisotopic (exact) mass is 270 g/mol. The first-order valence-electron chi connectivity index (χ1n) is 7.87. The Balaban J connectivity index is 1.67. The number of carbonyl (C=O) groups excluding carboxylic acids is 1. The van der Waals surface area contributed by atoms with E-state index in [0.29, 0.717) is 5.78 Å². The van der Waals surface area contributed by atoms with Crippen molar-refractivity contribution in [3.8, 4) is 5.75 Å². The number of methoxy groups -OCH3 is 1. The molecule has 0 spiro atoms. The molecule has 5 rings (SSSR count). The van der Waals surface area contributed by atoms with Crippen LogP contribution in [-0.4, -0.2) is 12.9 Å². The summed E-state index contributed by atoms with van der Waals surface area (Å²) >= 11 is 0. The number of ketones is 1. The van der Waals surface area contributed by atoms with Crippen molar-refractivity contribution >= 4 is 5.78 Å². The van der Waals surface area contributed by atoms with E-state index in [1.807, 2.05) is 24.3 Å². The fraction of sp³-hybridized carbons (Fsp3) is 0.611. The number of rotatable bonds is 3. The van der Waals surface area contributed by atoms with Crippen LogP contribution in [0.3, 0.4) is 0 Å². The maximum atomic E-state index is 13.1. The van der Waals surface area contributed by atoms with Crippen molar-refractivity contribution in [1.82, 2.24) is 0 Å². The van der Waals surface area contributed by atoms with Gasteiger partial charge in [0.1, 0.15) is 5.75 Å². The first kappa shape index (κ1) is 12.4. The smallest absolute Gasteiger partial charge is 0.169 e. The van der Waals surface area contributed by atoms with Gasteiger partial charge in [0.2, 0.25) is 0 Å². The van der Waals surface area contributed by atoms with Gasteiger partial charge in [0.05, 0.1) is 7.11 Å². The number of hydrogen-bond donors (Lipinski definition) is 0. The Bertz CT molecular complexity index is 511. The molecule has 0 aliphatic heterocycles. The van der Waals surface area contributed by atoms with E-state index in [4.69, 9.17) is 4.74 Å². The molecule has 0 heterocycles. The molecule has 4 aliphatic rings. The Labute approximate surface area is 120 Å². The molecule has 4 fully saturated rings. The fourth-order valence-corrected chi connectivity index (χ4v) is 5.46. The molecule has 20 heavy (non-hydrogen) atoms. The van der Waals surface area contributed by atoms with E-state index in [1.165, 1.54) is 19.3 Å². The van der Waals surface area contributed by atoms with Gasteiger partial charge in [-0.25, -0.2) is 0 Å². The second kappa shape index (κ2) is 4.34. The molecule has 2 nitrogen and oxygen atoms in total. The predicted molar refractivity (Wildman–Crippen MR) is 77.9 cm³/mol. The first-order chi connectivity index (χ1) is 9.68. The van der Waals surface area contributed by atoms with Crippen molar-refractivity contribution in [2.45, 2.75) is 38.5 Å². The van der Waals surface area contributed by atoms with Gasteiger partial charge in [-0.3, -0.25) is 4.79 Å². The molecule has 4 saturated carbocycles. The third-order valence-electron chi connectivity index (χ3n) is 5.85. The zero-order chi connectivity index (χ0) is 13.7. The molecule has 0 unspecified atom stereocenters. The number of benzene rings is 1. The minimum Gasteiger partial charge on any atom is -0.497 e. The minimum atomic E-state index is -0.0406. The molecule has 0 saturated heterocycles. The van der Waals surface area contributed by atoms with Crippen LogP contribution in [0.4, 0.5) is 0 Å². The Hall–Kier alpha value is -1.31. The molecule has 0 atom stereocenters. The van der Waals surface area contributed by atoms with Crippen molar-refractivity contribution in [1.29, 1.82) is 0 Å². The number of carbonyl (C=O) groups is 1. The minimum absolute atomic E-state index is 0.0406. The van der Waals surface area contributed by atoms with Crippen LogP contribution in [-0.2, 0) is 0 Å². The van der Waals surface area contributed by atoms with Crippen LogP contribution in [0.5, 0.6) is 5.75 Å². The summed E-state index contributed by atoms with van der Waals surface area (Å²) in [5.41, 5.74) is 0.812. The van der Waals surface area contributed by atoms with E-state index < -0.39 is 0 Å². The molecule has 0 aromatic heterocycles. The molecular formula is C18H22O2. The van der Waals surface area contributed by atoms with Crippen LogP contribution in [0.25, 0.3) is 0 Å². The molecule has 4 aliphatic carbocycles. The second-order valence-corrected chi connectivity index (χ2v) is 7.26. The zero-order valence-corrected chi connectivity index (χ0v) is 12.1. The van der Waals surface area contributed by atoms with Crippen molar-refractivity contribution in [3.05, 3.63) is 29.8 Å². The van der Waals surface area contributed by atoms with Gasteiger partial charge in [-0.2, -0.15) is 0 Å². The van der Waals surface area contributed by atoms with Gasteiger partial charge in [-0.15, -0.1) is 0 Å². The Morgan fingerprint density at radius 2 is 1.70 bits per heavy atom. The molecule has 1 aromatic rings. The lowest BCUT2D eigenvalue weighted by Gasteiger charge is -2.56. The highest BCUT2D eigenvalue weighted by molar-refractivity contribution is 6.01. The molecule has 2 heteroatoms. The van der Waals surface area contributed by atoms with Crippen LogP contribution in [0.15, 0.2) is 24.3 Å². The van der Waals surface area contributed by atoms with Gasteiger partial charge in [0.25, 0.3) is 0 Å². The number of Topliss-reactive ketones (excluding diaryl/α,β-unsaturated/α-hetero) is 1. The fourth-order valence-electron chi connectivity index (χ4n) is 5.46. The van der Waals surface area contributed by atoms with Crippen LogP contribution >= 0.6 is 0 Å². The second-order valence-electron chi connectivity index (χ2n) is 7.26. The van der Waals surface area contributed by atoms with Crippen molar-refractivity contribution in [2.75, 3.05) is 7.11 Å². The third kappa shape index (κ3) is 1.81. The normalized spacial score (nSPS) is 38.0. The predicted octanol–water partition coefficient (Wildman–Crippen LogP) is 4.09. The Morgan fingerprint density at radius 3 is 2.25 bits per heavy atom. The SMILES string of the molecule is COc1cccc(C(=O)C23CC4CC(CC(C4)C2)C3)c1. The lowest BCUT2D eigenvalue weighted by atomic mass is 9.48. The Kier molecular flexibility index (Phi) is 2.70. The number of hydrogen-bond acceptors (Lipinski definition) is 2. The lowest BCUT2D eigenvalue weighted by molar-refractivity contribution is -0.0353. The molecule has 0 radical (unpaired) electrons. The van der Waals surface area contributed by atoms with Gasteiger partial charge < -0.3 is 4.74 Å². The topological polar surface area (TPSA) is 26.3 Å². The summed E-state index contributed by atoms with van der Waals surface area (Å²) in [6.07, 6.45) is 7.54. The van der Waals surface area contributed by atoms with E-state index in [0.717, 1.165) is 48.3 Å². The maximum Gasteiger partial charge on any atom is 0.169 e. The lowest BCUT2D eigenvalue weighted by Crippen LogP contribution is -2.50. The van der Waals surface area contributed by atoms with Gasteiger partial charge in [0.15, 0.2) is 5.78 Å². The van der Waals surface area contributed by atoms with Gasteiger partial charge in [-0.1, -0.05) is 12.1 Å². The van der Waals surface area contributed by atoms with Crippen LogP contribution in [0.1, 0.15) is 48.9 Å². The van der Waals surface area contributed by atoms with Crippen LogP contribution < -0.4 is 4.74 Å². The van der Waals surface area contributed by atoms with E-state index in [2.05, 4.69) is 0 Å². The summed E-state index contributed by atoms with van der Waals surface area (Å²) in [4.78, 5) is 13.1. The largest absolute Gasteiger partial charge is 0.497 e. The highest BCUT2D eigenvalue weighted by Crippen LogP contribution is 2.60. The highest BCUT2D eigenvalue weighted by atomic mass is 16.5. The molecule has 0 amide bonds. The summed E-state index contributed by atoms with van der Waals surface area (Å²) in [5, 5.41) is 0. The highest BCUT2D eigenvalue weighted by Gasteiger charge is 2.54. The van der Waals surface area contributed by atoms with E-state index >= 15 is 0 Å². The van der Waals surface area contributed by atoms with Gasteiger partial charge in [-0.05, 0) is 68.4 Å². The summed E-state index contributed by atoms with van der Waals surface area (Å²) in [7, 11) is 1.66. The summed E-state index contributed by atoms with van der Waals surface area (Å²) in [6, 6.07) is 7.73. The van der Waals surface area contributed by atoms with Crippen molar-refractivity contribution < 1.29 is 9.53 Å². The average molecular weight is 270 g/mol. The van der Waals surface area contributed by atoms with E-state index in [1.54, 1.807) is 7.11 Å². The average Bonchev–Trinajstić information content (AvgIpc) is 2.45. The zero-order valence-electron chi connectivity index (χ0n) is 12.1. The van der Waals surface area contributed by atoms with E-state index in [9.17, 15) is 4.79 Å². The number of ether oxygens (including phenoxy) is 1. The summed E-state index contributed by atoms with van der Waals surface area (Å²) in [6.45, 7) is 0. The summed E-state index contributed by atoms with van der Waals surface area (Å²) < 4.78 is 5.27. The third-order valence-corrected chi connectivity index (χ3v) is 5.85. The van der Waals surface area contributed by atoms with E-state index in [-0.39, 0.29) is 5.41 Å². The standard InChI is InChI=1S/C18H22O2/c1-20-16-4-2-3-15(8-16)17(19)18-9-12-5-13(10-18)7-14(6-12)11-18/h2-4,8,12-14H,5-7,9-11H2,1H3. The maximum absolute atomic E-state index is 13.1. The molecule has 106 valence electrons. The molecular weight excluding hydrogens is 248 g/mol. The van der Waals surface area contributed by atoms with Gasteiger partial charge >= 0.3 is 0 Å². The van der Waals surface area contributed by atoms with Crippen LogP contribution in [0.2, 0.25) is 0 Å². The first-order valence-corrected chi connectivity index (χ1v) is 7.87. The quantitative estimate of drug-likeness (QED) is 0.773.